The van der Waals surface area contributed by atoms with Crippen LogP contribution in [0.4, 0.5) is 4.39 Å². The summed E-state index contributed by atoms with van der Waals surface area (Å²) < 4.78 is 12.6. The number of alkyl halides is 1. The summed E-state index contributed by atoms with van der Waals surface area (Å²) in [6, 6.07) is -0.177. The van der Waals surface area contributed by atoms with Crippen molar-refractivity contribution in [1.29, 1.82) is 0 Å². The zero-order chi connectivity index (χ0) is 8.72. The molecule has 4 heteroatoms. The molecular formula is C8H11FN2O. The van der Waals surface area contributed by atoms with E-state index in [0.29, 0.717) is 12.1 Å². The van der Waals surface area contributed by atoms with Gasteiger partial charge in [-0.3, -0.25) is 0 Å². The van der Waals surface area contributed by atoms with Crippen molar-refractivity contribution in [2.24, 2.45) is 5.73 Å². The molecule has 0 spiro atoms. The molecule has 0 aromatic heterocycles. The number of rotatable bonds is 1. The van der Waals surface area contributed by atoms with E-state index < -0.39 is 12.4 Å². The Balaban J connectivity index is 2.09. The number of allylic oxidation sites excluding steroid dienone is 2. The van der Waals surface area contributed by atoms with Gasteiger partial charge in [0, 0.05) is 12.6 Å². The summed E-state index contributed by atoms with van der Waals surface area (Å²) in [6.07, 6.45) is 3.85. The van der Waals surface area contributed by atoms with Gasteiger partial charge in [0.2, 0.25) is 0 Å². The summed E-state index contributed by atoms with van der Waals surface area (Å²) in [7, 11) is 0. The summed E-state index contributed by atoms with van der Waals surface area (Å²) in [5.41, 5.74) is 5.85. The lowest BCUT2D eigenvalue weighted by atomic mass is 10.2. The van der Waals surface area contributed by atoms with Crippen LogP contribution < -0.4 is 5.73 Å². The van der Waals surface area contributed by atoms with Gasteiger partial charge in [-0.1, -0.05) is 0 Å². The number of hydrogen-bond acceptors (Lipinski definition) is 3. The Morgan fingerprint density at radius 3 is 2.92 bits per heavy atom. The van der Waals surface area contributed by atoms with E-state index in [2.05, 4.69) is 0 Å². The third kappa shape index (κ3) is 1.08. The lowest BCUT2D eigenvalue weighted by Crippen LogP contribution is -2.39. The molecule has 66 valence electrons. The average Bonchev–Trinajstić information content (AvgIpc) is 2.73. The molecule has 1 aliphatic carbocycles. The third-order valence-electron chi connectivity index (χ3n) is 2.19. The number of halogens is 1. The fourth-order valence-electron chi connectivity index (χ4n) is 1.35. The Kier molecular flexibility index (Phi) is 1.58. The Labute approximate surface area is 70.0 Å². The highest BCUT2D eigenvalue weighted by Crippen LogP contribution is 2.34. The molecule has 3 nitrogen and oxygen atoms in total. The van der Waals surface area contributed by atoms with Gasteiger partial charge in [0.1, 0.15) is 6.17 Å². The number of hydrogen-bond donors (Lipinski definition) is 2. The van der Waals surface area contributed by atoms with Crippen LogP contribution in [0.3, 0.4) is 0 Å². The van der Waals surface area contributed by atoms with Crippen molar-refractivity contribution in [3.63, 3.8) is 0 Å². The molecule has 1 saturated carbocycles. The standard InChI is InChI=1S/C8H11FN2O/c9-5-4-7(5)11-3-1-2-6(10)8(11)12/h1-3,5,7-8,12H,4,10H2/t5-,7-,8?/m0/s1. The molecule has 2 aliphatic rings. The van der Waals surface area contributed by atoms with Crippen LogP contribution in [-0.4, -0.2) is 28.4 Å². The van der Waals surface area contributed by atoms with Crippen molar-refractivity contribution >= 4 is 0 Å². The largest absolute Gasteiger partial charge is 0.398 e. The number of aliphatic hydroxyl groups excluding tert-OH is 1. The van der Waals surface area contributed by atoms with E-state index in [4.69, 9.17) is 5.73 Å². The molecule has 3 N–H and O–H groups in total. The summed E-state index contributed by atoms with van der Waals surface area (Å²) in [5, 5.41) is 9.48. The van der Waals surface area contributed by atoms with Gasteiger partial charge in [-0.2, -0.15) is 0 Å². The normalized spacial score (nSPS) is 39.7. The fourth-order valence-corrected chi connectivity index (χ4v) is 1.35. The number of aliphatic hydroxyl groups is 1. The van der Waals surface area contributed by atoms with Gasteiger partial charge in [0.05, 0.1) is 11.7 Å². The van der Waals surface area contributed by atoms with Crippen molar-refractivity contribution in [3.05, 3.63) is 24.0 Å². The Hall–Kier alpha value is -1.03. The average molecular weight is 170 g/mol. The lowest BCUT2D eigenvalue weighted by Gasteiger charge is -2.28. The second kappa shape index (κ2) is 2.48. The summed E-state index contributed by atoms with van der Waals surface area (Å²) in [6.45, 7) is 0. The zero-order valence-electron chi connectivity index (χ0n) is 6.52. The molecule has 0 aromatic carbocycles. The Morgan fingerprint density at radius 2 is 2.33 bits per heavy atom. The van der Waals surface area contributed by atoms with E-state index in [-0.39, 0.29) is 6.04 Å². The Bertz CT molecular complexity index is 251. The second-order valence-corrected chi connectivity index (χ2v) is 3.15. The van der Waals surface area contributed by atoms with E-state index >= 15 is 0 Å². The van der Waals surface area contributed by atoms with Crippen LogP contribution in [0.1, 0.15) is 6.42 Å². The molecule has 1 fully saturated rings. The van der Waals surface area contributed by atoms with E-state index in [9.17, 15) is 9.50 Å². The highest BCUT2D eigenvalue weighted by atomic mass is 19.1. The van der Waals surface area contributed by atoms with Crippen molar-refractivity contribution in [3.8, 4) is 0 Å². The van der Waals surface area contributed by atoms with Crippen LogP contribution in [0.2, 0.25) is 0 Å². The first kappa shape index (κ1) is 7.61. The van der Waals surface area contributed by atoms with Gasteiger partial charge in [-0.15, -0.1) is 0 Å². The fraction of sp³-hybridized carbons (Fsp3) is 0.500. The second-order valence-electron chi connectivity index (χ2n) is 3.15. The van der Waals surface area contributed by atoms with Crippen LogP contribution in [0.5, 0.6) is 0 Å². The molecule has 1 aliphatic heterocycles. The lowest BCUT2D eigenvalue weighted by molar-refractivity contribution is 0.0548. The van der Waals surface area contributed by atoms with Crippen molar-refractivity contribution in [2.45, 2.75) is 24.9 Å². The van der Waals surface area contributed by atoms with Gasteiger partial charge in [0.15, 0.2) is 6.23 Å². The molecule has 0 amide bonds. The van der Waals surface area contributed by atoms with Gasteiger partial charge >= 0.3 is 0 Å². The molecule has 2 rings (SSSR count). The Morgan fingerprint density at radius 1 is 1.67 bits per heavy atom. The van der Waals surface area contributed by atoms with E-state index in [1.165, 1.54) is 0 Å². The van der Waals surface area contributed by atoms with Crippen molar-refractivity contribution in [2.75, 3.05) is 0 Å². The van der Waals surface area contributed by atoms with Crippen molar-refractivity contribution in [1.82, 2.24) is 4.90 Å². The minimum absolute atomic E-state index is 0.177. The van der Waals surface area contributed by atoms with Crippen LogP contribution in [0, 0.1) is 0 Å². The third-order valence-corrected chi connectivity index (χ3v) is 2.19. The van der Waals surface area contributed by atoms with Gasteiger partial charge in [0.25, 0.3) is 0 Å². The number of nitrogens with two attached hydrogens (primary N) is 1. The molecule has 12 heavy (non-hydrogen) atoms. The quantitative estimate of drug-likeness (QED) is 0.586. The molecule has 0 aromatic rings. The van der Waals surface area contributed by atoms with Gasteiger partial charge in [-0.25, -0.2) is 4.39 Å². The first-order valence-corrected chi connectivity index (χ1v) is 3.93. The topological polar surface area (TPSA) is 49.5 Å². The van der Waals surface area contributed by atoms with Crippen molar-refractivity contribution < 1.29 is 9.50 Å². The molecule has 0 saturated heterocycles. The van der Waals surface area contributed by atoms with Gasteiger partial charge < -0.3 is 15.7 Å². The van der Waals surface area contributed by atoms with Crippen LogP contribution in [-0.2, 0) is 0 Å². The smallest absolute Gasteiger partial charge is 0.167 e. The molecule has 0 bridgehead atoms. The SMILES string of the molecule is NC1=CC=CN([C@H]2C[C@@H]2F)C1O. The van der Waals surface area contributed by atoms with Crippen LogP contribution >= 0.6 is 0 Å². The predicted molar refractivity (Wildman–Crippen MR) is 42.6 cm³/mol. The minimum Gasteiger partial charge on any atom is -0.398 e. The van der Waals surface area contributed by atoms with Crippen LogP contribution in [0.25, 0.3) is 0 Å². The van der Waals surface area contributed by atoms with Gasteiger partial charge in [-0.05, 0) is 12.2 Å². The predicted octanol–water partition coefficient (Wildman–Crippen LogP) is 0.0871. The van der Waals surface area contributed by atoms with E-state index in [1.807, 2.05) is 0 Å². The van der Waals surface area contributed by atoms with E-state index in [0.717, 1.165) is 0 Å². The number of nitrogens with zero attached hydrogens (tertiary/aromatic N) is 1. The maximum atomic E-state index is 12.6. The first-order valence-electron chi connectivity index (χ1n) is 3.93. The zero-order valence-corrected chi connectivity index (χ0v) is 6.52. The maximum absolute atomic E-state index is 12.6. The highest BCUT2D eigenvalue weighted by Gasteiger charge is 2.44. The van der Waals surface area contributed by atoms with E-state index in [1.54, 1.807) is 23.3 Å². The highest BCUT2D eigenvalue weighted by molar-refractivity contribution is 5.20. The monoisotopic (exact) mass is 170 g/mol. The molecular weight excluding hydrogens is 159 g/mol. The summed E-state index contributed by atoms with van der Waals surface area (Å²) >= 11 is 0. The van der Waals surface area contributed by atoms with Crippen LogP contribution in [0.15, 0.2) is 24.0 Å². The summed E-state index contributed by atoms with van der Waals surface area (Å²) in [4.78, 5) is 1.56. The maximum Gasteiger partial charge on any atom is 0.167 e. The summed E-state index contributed by atoms with van der Waals surface area (Å²) in [5.74, 6) is 0. The molecule has 1 unspecified atom stereocenters. The molecule has 1 heterocycles. The minimum atomic E-state index is -0.847. The first-order chi connectivity index (χ1) is 5.70. The molecule has 0 radical (unpaired) electrons. The molecule has 3 atom stereocenters.